The minimum Gasteiger partial charge on any atom is -0.319 e. The Bertz CT molecular complexity index is 418. The van der Waals surface area contributed by atoms with Gasteiger partial charge in [0.25, 0.3) is 0 Å². The Kier molecular flexibility index (Phi) is 4.24. The van der Waals surface area contributed by atoms with Crippen LogP contribution < -0.4 is 5.32 Å². The van der Waals surface area contributed by atoms with E-state index in [-0.39, 0.29) is 6.03 Å². The lowest BCUT2D eigenvalue weighted by Gasteiger charge is -2.34. The van der Waals surface area contributed by atoms with Gasteiger partial charge in [0, 0.05) is 17.8 Å². The van der Waals surface area contributed by atoms with Crippen LogP contribution in [-0.2, 0) is 0 Å². The first kappa shape index (κ1) is 13.5. The number of carbonyl (C=O) groups excluding carboxylic acids is 1. The van der Waals surface area contributed by atoms with E-state index in [2.05, 4.69) is 10.2 Å². The van der Waals surface area contributed by atoms with Crippen LogP contribution >= 0.6 is 0 Å². The number of hydrogen-bond acceptors (Lipinski definition) is 1. The molecule has 20 heavy (non-hydrogen) atoms. The van der Waals surface area contributed by atoms with E-state index in [4.69, 9.17) is 0 Å². The molecule has 2 aliphatic rings. The SMILES string of the molecule is O=C(Nc1ccccc1)N(C1CCCC1)C1CCCC1. The van der Waals surface area contributed by atoms with Crippen LogP contribution in [-0.4, -0.2) is 23.0 Å². The standard InChI is InChI=1S/C17H24N2O/c20-17(18-14-8-2-1-3-9-14)19(15-10-4-5-11-15)16-12-6-7-13-16/h1-3,8-9,15-16H,4-7,10-13H2,(H,18,20). The quantitative estimate of drug-likeness (QED) is 0.868. The molecule has 0 aromatic heterocycles. The van der Waals surface area contributed by atoms with E-state index >= 15 is 0 Å². The minimum atomic E-state index is 0.106. The lowest BCUT2D eigenvalue weighted by Crippen LogP contribution is -2.47. The fraction of sp³-hybridized carbons (Fsp3) is 0.588. The van der Waals surface area contributed by atoms with Crippen LogP contribution in [0.4, 0.5) is 10.5 Å². The summed E-state index contributed by atoms with van der Waals surface area (Å²) in [5, 5.41) is 3.08. The zero-order valence-corrected chi connectivity index (χ0v) is 12.1. The van der Waals surface area contributed by atoms with Crippen LogP contribution in [0.5, 0.6) is 0 Å². The van der Waals surface area contributed by atoms with Gasteiger partial charge in [-0.05, 0) is 37.8 Å². The Morgan fingerprint density at radius 1 is 0.900 bits per heavy atom. The van der Waals surface area contributed by atoms with Crippen LogP contribution in [0.25, 0.3) is 0 Å². The molecule has 1 aromatic carbocycles. The topological polar surface area (TPSA) is 32.3 Å². The zero-order chi connectivity index (χ0) is 13.8. The summed E-state index contributed by atoms with van der Waals surface area (Å²) >= 11 is 0. The van der Waals surface area contributed by atoms with Gasteiger partial charge >= 0.3 is 6.03 Å². The molecule has 2 saturated carbocycles. The first-order valence-corrected chi connectivity index (χ1v) is 7.99. The number of hydrogen-bond donors (Lipinski definition) is 1. The molecule has 0 saturated heterocycles. The van der Waals surface area contributed by atoms with Crippen LogP contribution in [0.15, 0.2) is 30.3 Å². The smallest absolute Gasteiger partial charge is 0.319 e. The van der Waals surface area contributed by atoms with Gasteiger partial charge in [-0.1, -0.05) is 43.9 Å². The zero-order valence-electron chi connectivity index (χ0n) is 12.1. The average molecular weight is 272 g/mol. The van der Waals surface area contributed by atoms with Crippen molar-refractivity contribution in [1.82, 2.24) is 4.90 Å². The maximum absolute atomic E-state index is 12.7. The summed E-state index contributed by atoms with van der Waals surface area (Å²) in [5.74, 6) is 0. The molecular weight excluding hydrogens is 248 g/mol. The van der Waals surface area contributed by atoms with Gasteiger partial charge in [-0.15, -0.1) is 0 Å². The maximum atomic E-state index is 12.7. The number of carbonyl (C=O) groups is 1. The monoisotopic (exact) mass is 272 g/mol. The number of benzene rings is 1. The molecule has 0 spiro atoms. The largest absolute Gasteiger partial charge is 0.322 e. The van der Waals surface area contributed by atoms with Crippen molar-refractivity contribution in [2.24, 2.45) is 0 Å². The Balaban J connectivity index is 1.72. The molecular formula is C17H24N2O. The Morgan fingerprint density at radius 2 is 1.40 bits per heavy atom. The number of para-hydroxylation sites is 1. The number of nitrogens with zero attached hydrogens (tertiary/aromatic N) is 1. The van der Waals surface area contributed by atoms with Crippen LogP contribution in [0.3, 0.4) is 0 Å². The second-order valence-electron chi connectivity index (χ2n) is 6.08. The number of nitrogens with one attached hydrogen (secondary N) is 1. The first-order valence-electron chi connectivity index (χ1n) is 7.99. The highest BCUT2D eigenvalue weighted by molar-refractivity contribution is 5.89. The molecule has 2 aliphatic carbocycles. The van der Waals surface area contributed by atoms with E-state index < -0.39 is 0 Å². The van der Waals surface area contributed by atoms with Gasteiger partial charge in [0.15, 0.2) is 0 Å². The number of anilines is 1. The molecule has 108 valence electrons. The number of urea groups is 1. The fourth-order valence-corrected chi connectivity index (χ4v) is 3.70. The van der Waals surface area contributed by atoms with Crippen molar-refractivity contribution < 1.29 is 4.79 Å². The molecule has 1 N–H and O–H groups in total. The molecule has 3 heteroatoms. The second-order valence-corrected chi connectivity index (χ2v) is 6.08. The number of amides is 2. The Labute approximate surface area is 121 Å². The molecule has 0 heterocycles. The fourth-order valence-electron chi connectivity index (χ4n) is 3.70. The van der Waals surface area contributed by atoms with Crippen LogP contribution in [0.1, 0.15) is 51.4 Å². The minimum absolute atomic E-state index is 0.106. The Morgan fingerprint density at radius 3 is 1.90 bits per heavy atom. The summed E-state index contributed by atoms with van der Waals surface area (Å²) in [7, 11) is 0. The summed E-state index contributed by atoms with van der Waals surface area (Å²) in [6, 6.07) is 10.8. The van der Waals surface area contributed by atoms with Crippen LogP contribution in [0.2, 0.25) is 0 Å². The Hall–Kier alpha value is -1.51. The van der Waals surface area contributed by atoms with Gasteiger partial charge in [-0.2, -0.15) is 0 Å². The van der Waals surface area contributed by atoms with Gasteiger partial charge in [0.05, 0.1) is 0 Å². The van der Waals surface area contributed by atoms with E-state index in [1.54, 1.807) is 0 Å². The van der Waals surface area contributed by atoms with Gasteiger partial charge in [0.2, 0.25) is 0 Å². The summed E-state index contributed by atoms with van der Waals surface area (Å²) in [4.78, 5) is 14.9. The molecule has 0 unspecified atom stereocenters. The first-order chi connectivity index (χ1) is 9.84. The summed E-state index contributed by atoms with van der Waals surface area (Å²) in [5.41, 5.74) is 0.901. The molecule has 0 aliphatic heterocycles. The van der Waals surface area contributed by atoms with Gasteiger partial charge in [-0.25, -0.2) is 4.79 Å². The van der Waals surface area contributed by atoms with Crippen molar-refractivity contribution in [1.29, 1.82) is 0 Å². The van der Waals surface area contributed by atoms with Crippen molar-refractivity contribution in [2.75, 3.05) is 5.32 Å². The number of rotatable bonds is 3. The normalized spacial score (nSPS) is 20.2. The molecule has 3 nitrogen and oxygen atoms in total. The average Bonchev–Trinajstić information content (AvgIpc) is 3.14. The summed E-state index contributed by atoms with van der Waals surface area (Å²) in [6.07, 6.45) is 9.80. The second kappa shape index (κ2) is 6.29. The highest BCUT2D eigenvalue weighted by atomic mass is 16.2. The summed E-state index contributed by atoms with van der Waals surface area (Å²) in [6.45, 7) is 0. The van der Waals surface area contributed by atoms with Crippen LogP contribution in [0, 0.1) is 0 Å². The third kappa shape index (κ3) is 2.97. The van der Waals surface area contributed by atoms with Gasteiger partial charge in [-0.3, -0.25) is 0 Å². The van der Waals surface area contributed by atoms with E-state index in [0.29, 0.717) is 12.1 Å². The van der Waals surface area contributed by atoms with Gasteiger partial charge < -0.3 is 10.2 Å². The molecule has 0 atom stereocenters. The van der Waals surface area contributed by atoms with Crippen molar-refractivity contribution in [3.8, 4) is 0 Å². The van der Waals surface area contributed by atoms with E-state index in [9.17, 15) is 4.79 Å². The van der Waals surface area contributed by atoms with E-state index in [0.717, 1.165) is 5.69 Å². The highest BCUT2D eigenvalue weighted by Crippen LogP contribution is 2.32. The summed E-state index contributed by atoms with van der Waals surface area (Å²) < 4.78 is 0. The molecule has 0 radical (unpaired) electrons. The molecule has 2 fully saturated rings. The van der Waals surface area contributed by atoms with Crippen molar-refractivity contribution in [2.45, 2.75) is 63.5 Å². The lowest BCUT2D eigenvalue weighted by atomic mass is 10.1. The molecule has 2 amide bonds. The molecule has 1 aromatic rings. The van der Waals surface area contributed by atoms with Crippen molar-refractivity contribution in [3.05, 3.63) is 30.3 Å². The van der Waals surface area contributed by atoms with E-state index in [1.165, 1.54) is 51.4 Å². The van der Waals surface area contributed by atoms with Crippen molar-refractivity contribution in [3.63, 3.8) is 0 Å². The predicted octanol–water partition coefficient (Wildman–Crippen LogP) is 4.41. The van der Waals surface area contributed by atoms with E-state index in [1.807, 2.05) is 30.3 Å². The third-order valence-corrected chi connectivity index (χ3v) is 4.70. The lowest BCUT2D eigenvalue weighted by molar-refractivity contribution is 0.157. The molecule has 3 rings (SSSR count). The third-order valence-electron chi connectivity index (χ3n) is 4.70. The highest BCUT2D eigenvalue weighted by Gasteiger charge is 2.33. The van der Waals surface area contributed by atoms with Gasteiger partial charge in [0.1, 0.15) is 0 Å². The van der Waals surface area contributed by atoms with Crippen molar-refractivity contribution >= 4 is 11.7 Å². The predicted molar refractivity (Wildman–Crippen MR) is 81.8 cm³/mol. The maximum Gasteiger partial charge on any atom is 0.322 e. The molecule has 0 bridgehead atoms.